The molecule has 0 fully saturated rings. The maximum Gasteiger partial charge on any atom is 0.219 e. The third-order valence-electron chi connectivity index (χ3n) is 3.86. The Morgan fingerprint density at radius 1 is 1.29 bits per heavy atom. The molecule has 0 aliphatic heterocycles. The van der Waals surface area contributed by atoms with Gasteiger partial charge in [-0.2, -0.15) is 0 Å². The van der Waals surface area contributed by atoms with E-state index in [1.807, 2.05) is 0 Å². The number of rotatable bonds is 9. The molecule has 0 radical (unpaired) electrons. The molecule has 0 heterocycles. The van der Waals surface area contributed by atoms with Crippen molar-refractivity contribution in [1.29, 1.82) is 0 Å². The minimum absolute atomic E-state index is 0.109. The number of hydrogen-bond donors (Lipinski definition) is 2. The normalized spacial score (nSPS) is 11.9. The summed E-state index contributed by atoms with van der Waals surface area (Å²) < 4.78 is 0. The zero-order chi connectivity index (χ0) is 13.3. The van der Waals surface area contributed by atoms with Gasteiger partial charge >= 0.3 is 0 Å². The molecule has 17 heavy (non-hydrogen) atoms. The summed E-state index contributed by atoms with van der Waals surface area (Å²) in [6, 6.07) is 0. The zero-order valence-corrected chi connectivity index (χ0v) is 11.9. The van der Waals surface area contributed by atoms with E-state index in [2.05, 4.69) is 31.0 Å². The van der Waals surface area contributed by atoms with Gasteiger partial charge in [-0.25, -0.2) is 0 Å². The van der Waals surface area contributed by atoms with Crippen molar-refractivity contribution in [1.82, 2.24) is 10.2 Å². The first-order valence-electron chi connectivity index (χ1n) is 6.75. The van der Waals surface area contributed by atoms with Gasteiger partial charge < -0.3 is 11.1 Å². The van der Waals surface area contributed by atoms with Crippen LogP contribution in [0.1, 0.15) is 46.5 Å². The topological polar surface area (TPSA) is 58.4 Å². The average molecular weight is 243 g/mol. The molecule has 102 valence electrons. The van der Waals surface area contributed by atoms with E-state index < -0.39 is 0 Å². The van der Waals surface area contributed by atoms with Crippen LogP contribution in [0.15, 0.2) is 0 Å². The van der Waals surface area contributed by atoms with E-state index in [9.17, 15) is 4.79 Å². The quantitative estimate of drug-likeness (QED) is 0.643. The molecule has 1 amide bonds. The van der Waals surface area contributed by atoms with Crippen LogP contribution in [0.3, 0.4) is 0 Å². The van der Waals surface area contributed by atoms with Gasteiger partial charge in [0.05, 0.1) is 0 Å². The smallest absolute Gasteiger partial charge is 0.219 e. The largest absolute Gasteiger partial charge is 0.359 e. The van der Waals surface area contributed by atoms with Crippen molar-refractivity contribution in [2.45, 2.75) is 52.0 Å². The van der Waals surface area contributed by atoms with Crippen molar-refractivity contribution in [3.05, 3.63) is 0 Å². The van der Waals surface area contributed by atoms with Crippen LogP contribution in [0.5, 0.6) is 0 Å². The number of nitrogens with zero attached hydrogens (tertiary/aromatic N) is 1. The standard InChI is InChI=1S/C13H29N3O/c1-5-13(6-2,11-14)16(7-3)10-8-9-12(17)15-4/h5-11,14H2,1-4H3,(H,15,17). The predicted octanol–water partition coefficient (Wildman–Crippen LogP) is 1.35. The van der Waals surface area contributed by atoms with E-state index >= 15 is 0 Å². The lowest BCUT2D eigenvalue weighted by molar-refractivity contribution is -0.120. The minimum Gasteiger partial charge on any atom is -0.359 e. The van der Waals surface area contributed by atoms with Gasteiger partial charge in [-0.1, -0.05) is 20.8 Å². The van der Waals surface area contributed by atoms with Gasteiger partial charge in [0.2, 0.25) is 5.91 Å². The summed E-state index contributed by atoms with van der Waals surface area (Å²) in [5.74, 6) is 0.118. The highest BCUT2D eigenvalue weighted by Crippen LogP contribution is 2.23. The van der Waals surface area contributed by atoms with Gasteiger partial charge in [-0.3, -0.25) is 9.69 Å². The van der Waals surface area contributed by atoms with Gasteiger partial charge in [-0.05, 0) is 32.4 Å². The Morgan fingerprint density at radius 3 is 2.24 bits per heavy atom. The average Bonchev–Trinajstić information content (AvgIpc) is 2.38. The number of nitrogens with two attached hydrogens (primary N) is 1. The lowest BCUT2D eigenvalue weighted by Crippen LogP contribution is -2.53. The minimum atomic E-state index is 0.109. The van der Waals surface area contributed by atoms with Crippen molar-refractivity contribution in [3.8, 4) is 0 Å². The second-order valence-electron chi connectivity index (χ2n) is 4.49. The van der Waals surface area contributed by atoms with E-state index in [0.29, 0.717) is 13.0 Å². The first kappa shape index (κ1) is 16.4. The second kappa shape index (κ2) is 8.48. The monoisotopic (exact) mass is 243 g/mol. The molecule has 0 atom stereocenters. The number of nitrogens with one attached hydrogen (secondary N) is 1. The van der Waals surface area contributed by atoms with Crippen LogP contribution >= 0.6 is 0 Å². The molecule has 0 spiro atoms. The number of hydrogen-bond acceptors (Lipinski definition) is 3. The van der Waals surface area contributed by atoms with Crippen LogP contribution in [0.4, 0.5) is 0 Å². The van der Waals surface area contributed by atoms with E-state index in [4.69, 9.17) is 5.73 Å². The van der Waals surface area contributed by atoms with Gasteiger partial charge in [0, 0.05) is 25.6 Å². The lowest BCUT2D eigenvalue weighted by atomic mass is 9.90. The summed E-state index contributed by atoms with van der Waals surface area (Å²) in [4.78, 5) is 13.6. The SMILES string of the molecule is CCN(CCCC(=O)NC)C(CC)(CC)CN. The zero-order valence-electron chi connectivity index (χ0n) is 11.9. The molecule has 0 rings (SSSR count). The summed E-state index contributed by atoms with van der Waals surface area (Å²) in [5.41, 5.74) is 6.05. The highest BCUT2D eigenvalue weighted by Gasteiger charge is 2.30. The second-order valence-corrected chi connectivity index (χ2v) is 4.49. The van der Waals surface area contributed by atoms with Crippen molar-refractivity contribution >= 4 is 5.91 Å². The van der Waals surface area contributed by atoms with Gasteiger partial charge in [0.25, 0.3) is 0 Å². The summed E-state index contributed by atoms with van der Waals surface area (Å²) in [7, 11) is 1.68. The maximum absolute atomic E-state index is 11.2. The third kappa shape index (κ3) is 4.64. The predicted molar refractivity (Wildman–Crippen MR) is 72.9 cm³/mol. The molecular weight excluding hydrogens is 214 g/mol. The Morgan fingerprint density at radius 2 is 1.88 bits per heavy atom. The Bertz CT molecular complexity index is 206. The van der Waals surface area contributed by atoms with Gasteiger partial charge in [0.15, 0.2) is 0 Å². The van der Waals surface area contributed by atoms with Gasteiger partial charge in [0.1, 0.15) is 0 Å². The number of carbonyl (C=O) groups is 1. The number of amides is 1. The van der Waals surface area contributed by atoms with Crippen LogP contribution in [-0.4, -0.2) is 43.0 Å². The first-order valence-corrected chi connectivity index (χ1v) is 6.75. The van der Waals surface area contributed by atoms with Crippen molar-refractivity contribution in [2.75, 3.05) is 26.7 Å². The Hall–Kier alpha value is -0.610. The molecule has 0 saturated carbocycles. The molecular formula is C13H29N3O. The van der Waals surface area contributed by atoms with Crippen LogP contribution in [0.25, 0.3) is 0 Å². The molecule has 0 saturated heterocycles. The molecule has 4 heteroatoms. The molecule has 0 bridgehead atoms. The van der Waals surface area contributed by atoms with Crippen LogP contribution in [-0.2, 0) is 4.79 Å². The van der Waals surface area contributed by atoms with Crippen molar-refractivity contribution in [2.24, 2.45) is 5.73 Å². The molecule has 0 aliphatic rings. The molecule has 4 nitrogen and oxygen atoms in total. The molecule has 3 N–H and O–H groups in total. The summed E-state index contributed by atoms with van der Waals surface area (Å²) in [6.07, 6.45) is 3.62. The summed E-state index contributed by atoms with van der Waals surface area (Å²) in [5, 5.41) is 2.66. The lowest BCUT2D eigenvalue weighted by Gasteiger charge is -2.42. The summed E-state index contributed by atoms with van der Waals surface area (Å²) in [6.45, 7) is 9.18. The Balaban J connectivity index is 4.34. The van der Waals surface area contributed by atoms with E-state index in [-0.39, 0.29) is 11.4 Å². The third-order valence-corrected chi connectivity index (χ3v) is 3.86. The highest BCUT2D eigenvalue weighted by atomic mass is 16.1. The van der Waals surface area contributed by atoms with E-state index in [1.54, 1.807) is 7.05 Å². The van der Waals surface area contributed by atoms with Crippen LogP contribution in [0.2, 0.25) is 0 Å². The fourth-order valence-corrected chi connectivity index (χ4v) is 2.40. The van der Waals surface area contributed by atoms with Crippen molar-refractivity contribution < 1.29 is 4.79 Å². The molecule has 0 unspecified atom stereocenters. The fourth-order valence-electron chi connectivity index (χ4n) is 2.40. The number of likely N-dealkylation sites (N-methyl/N-ethyl adjacent to an activating group) is 1. The molecule has 0 aliphatic carbocycles. The van der Waals surface area contributed by atoms with Crippen molar-refractivity contribution in [3.63, 3.8) is 0 Å². The Labute approximate surface area is 106 Å². The highest BCUT2D eigenvalue weighted by molar-refractivity contribution is 5.75. The number of carbonyl (C=O) groups excluding carboxylic acids is 1. The van der Waals surface area contributed by atoms with E-state index in [1.165, 1.54) is 0 Å². The first-order chi connectivity index (χ1) is 8.10. The van der Waals surface area contributed by atoms with Gasteiger partial charge in [-0.15, -0.1) is 0 Å². The van der Waals surface area contributed by atoms with E-state index in [0.717, 1.165) is 32.4 Å². The van der Waals surface area contributed by atoms with Crippen LogP contribution < -0.4 is 11.1 Å². The molecule has 0 aromatic carbocycles. The Kier molecular flexibility index (Phi) is 8.17. The summed E-state index contributed by atoms with van der Waals surface area (Å²) >= 11 is 0. The molecule has 0 aromatic rings. The molecule has 0 aromatic heterocycles. The fraction of sp³-hybridized carbons (Fsp3) is 0.923. The maximum atomic E-state index is 11.2. The van der Waals surface area contributed by atoms with Crippen LogP contribution in [0, 0.1) is 0 Å².